The Labute approximate surface area is 64.8 Å². The van der Waals surface area contributed by atoms with Gasteiger partial charge in [0.1, 0.15) is 6.61 Å². The summed E-state index contributed by atoms with van der Waals surface area (Å²) in [4.78, 5) is 10.5. The topological polar surface area (TPSA) is 46.5 Å². The summed E-state index contributed by atoms with van der Waals surface area (Å²) >= 11 is 1.10. The zero-order valence-electron chi connectivity index (χ0n) is 6.16. The molecule has 0 bridgehead atoms. The molecule has 0 rings (SSSR count). The van der Waals surface area contributed by atoms with Crippen LogP contribution in [0.5, 0.6) is 0 Å². The summed E-state index contributed by atoms with van der Waals surface area (Å²) in [6.07, 6.45) is 0.0699. The fourth-order valence-electron chi connectivity index (χ4n) is 0.324. The zero-order valence-corrected chi connectivity index (χ0v) is 6.98. The average molecular weight is 164 g/mol. The van der Waals surface area contributed by atoms with E-state index in [-0.39, 0.29) is 17.8 Å². The second kappa shape index (κ2) is 5.70. The molecule has 0 amide bonds. The molecule has 0 aliphatic rings. The molecule has 0 fully saturated rings. The van der Waals surface area contributed by atoms with Gasteiger partial charge in [-0.25, -0.2) is 0 Å². The maximum atomic E-state index is 10.5. The van der Waals surface area contributed by atoms with Crippen LogP contribution in [0.3, 0.4) is 0 Å². The van der Waals surface area contributed by atoms with Crippen molar-refractivity contribution in [2.45, 2.75) is 13.0 Å². The van der Waals surface area contributed by atoms with E-state index < -0.39 is 0 Å². The third-order valence-electron chi connectivity index (χ3n) is 1.01. The largest absolute Gasteiger partial charge is 0.388 e. The van der Waals surface area contributed by atoms with Crippen LogP contribution in [-0.4, -0.2) is 35.8 Å². The summed E-state index contributed by atoms with van der Waals surface area (Å²) in [5.74, 6) is 0.607. The molecule has 0 saturated carbocycles. The normalized spacial score (nSPS) is 13.1. The van der Waals surface area contributed by atoms with E-state index in [2.05, 4.69) is 0 Å². The Morgan fingerprint density at radius 3 is 2.80 bits per heavy atom. The van der Waals surface area contributed by atoms with Gasteiger partial charge in [-0.1, -0.05) is 11.8 Å². The summed E-state index contributed by atoms with van der Waals surface area (Å²) < 4.78 is 4.89. The molecule has 1 N–H and O–H groups in total. The Kier molecular flexibility index (Phi) is 5.67. The minimum Gasteiger partial charge on any atom is -0.388 e. The molecule has 0 aromatic heterocycles. The van der Waals surface area contributed by atoms with Crippen molar-refractivity contribution in [1.29, 1.82) is 0 Å². The highest BCUT2D eigenvalue weighted by atomic mass is 32.2. The number of methoxy groups -OCH3 is 1. The predicted molar refractivity (Wildman–Crippen MR) is 41.0 cm³/mol. The molecular formula is C6H12O3S. The molecule has 1 unspecified atom stereocenters. The van der Waals surface area contributed by atoms with Crippen LogP contribution in [0.2, 0.25) is 0 Å². The highest BCUT2D eigenvalue weighted by Gasteiger charge is 2.03. The van der Waals surface area contributed by atoms with Crippen LogP contribution in [0.1, 0.15) is 6.92 Å². The van der Waals surface area contributed by atoms with Crippen molar-refractivity contribution in [3.8, 4) is 0 Å². The van der Waals surface area contributed by atoms with E-state index in [0.29, 0.717) is 5.75 Å². The van der Waals surface area contributed by atoms with Gasteiger partial charge in [0.2, 0.25) is 5.12 Å². The second-order valence-electron chi connectivity index (χ2n) is 1.89. The van der Waals surface area contributed by atoms with Gasteiger partial charge in [-0.3, -0.25) is 4.79 Å². The Morgan fingerprint density at radius 1 is 1.80 bits per heavy atom. The van der Waals surface area contributed by atoms with Gasteiger partial charge in [-0.2, -0.15) is 0 Å². The van der Waals surface area contributed by atoms with Crippen molar-refractivity contribution >= 4 is 16.9 Å². The molecule has 0 saturated heterocycles. The van der Waals surface area contributed by atoms with Crippen LogP contribution >= 0.6 is 11.8 Å². The van der Waals surface area contributed by atoms with Crippen LogP contribution in [0, 0.1) is 0 Å². The minimum atomic E-state index is -0.388. The fraction of sp³-hybridized carbons (Fsp3) is 0.833. The number of hydrogen-bond donors (Lipinski definition) is 1. The fourth-order valence-corrected chi connectivity index (χ4v) is 0.972. The van der Waals surface area contributed by atoms with Crippen molar-refractivity contribution in [2.75, 3.05) is 19.5 Å². The average Bonchev–Trinajstić information content (AvgIpc) is 1.99. The number of carbonyl (C=O) groups excluding carboxylic acids is 1. The maximum absolute atomic E-state index is 10.5. The first-order valence-electron chi connectivity index (χ1n) is 3.00. The van der Waals surface area contributed by atoms with Crippen LogP contribution in [0.15, 0.2) is 0 Å². The van der Waals surface area contributed by atoms with Crippen LogP contribution < -0.4 is 0 Å². The van der Waals surface area contributed by atoms with Gasteiger partial charge in [-0.05, 0) is 6.92 Å². The lowest BCUT2D eigenvalue weighted by atomic mass is 10.5. The van der Waals surface area contributed by atoms with Gasteiger partial charge in [-0.15, -0.1) is 0 Å². The monoisotopic (exact) mass is 164 g/mol. The molecular weight excluding hydrogens is 152 g/mol. The van der Waals surface area contributed by atoms with Crippen LogP contribution in [-0.2, 0) is 9.53 Å². The van der Waals surface area contributed by atoms with E-state index in [1.54, 1.807) is 7.11 Å². The third-order valence-corrected chi connectivity index (χ3v) is 2.10. The minimum absolute atomic E-state index is 0.0699. The Bertz CT molecular complexity index is 105. The van der Waals surface area contributed by atoms with E-state index in [4.69, 9.17) is 9.84 Å². The number of carbonyl (C=O) groups is 1. The number of aliphatic hydroxyl groups is 1. The summed E-state index contributed by atoms with van der Waals surface area (Å²) in [6.45, 7) is 1.48. The molecule has 0 aromatic carbocycles. The second-order valence-corrected chi connectivity index (χ2v) is 2.96. The molecule has 10 heavy (non-hydrogen) atoms. The van der Waals surface area contributed by atoms with Crippen molar-refractivity contribution in [2.24, 2.45) is 0 Å². The van der Waals surface area contributed by atoms with Crippen molar-refractivity contribution in [3.63, 3.8) is 0 Å². The SMILES string of the molecule is COC(C)CSC(=O)CO. The van der Waals surface area contributed by atoms with Crippen LogP contribution in [0.25, 0.3) is 0 Å². The Balaban J connectivity index is 3.26. The van der Waals surface area contributed by atoms with Crippen molar-refractivity contribution in [3.05, 3.63) is 0 Å². The summed E-state index contributed by atoms with van der Waals surface area (Å²) in [5, 5.41) is 8.10. The molecule has 0 aromatic rings. The third kappa shape index (κ3) is 4.78. The number of hydrogen-bond acceptors (Lipinski definition) is 4. The van der Waals surface area contributed by atoms with Crippen molar-refractivity contribution in [1.82, 2.24) is 0 Å². The van der Waals surface area contributed by atoms with Crippen LogP contribution in [0.4, 0.5) is 0 Å². The first kappa shape index (κ1) is 9.94. The van der Waals surface area contributed by atoms with Crippen molar-refractivity contribution < 1.29 is 14.6 Å². The number of thioether (sulfide) groups is 1. The molecule has 0 aliphatic heterocycles. The summed E-state index contributed by atoms with van der Waals surface area (Å²) in [5.41, 5.74) is 0. The Hall–Kier alpha value is -0.0600. The van der Waals surface area contributed by atoms with Gasteiger partial charge >= 0.3 is 0 Å². The summed E-state index contributed by atoms with van der Waals surface area (Å²) in [6, 6.07) is 0. The van der Waals surface area contributed by atoms with Gasteiger partial charge in [0.15, 0.2) is 0 Å². The Morgan fingerprint density at radius 2 is 2.40 bits per heavy atom. The smallest absolute Gasteiger partial charge is 0.214 e. The highest BCUT2D eigenvalue weighted by Crippen LogP contribution is 2.04. The van der Waals surface area contributed by atoms with Gasteiger partial charge < -0.3 is 9.84 Å². The van der Waals surface area contributed by atoms with E-state index >= 15 is 0 Å². The standard InChI is InChI=1S/C6H12O3S/c1-5(9-2)4-10-6(8)3-7/h5,7H,3-4H2,1-2H3. The lowest BCUT2D eigenvalue weighted by Crippen LogP contribution is -2.10. The van der Waals surface area contributed by atoms with Gasteiger partial charge in [0, 0.05) is 12.9 Å². The first-order valence-corrected chi connectivity index (χ1v) is 3.98. The molecule has 0 aliphatic carbocycles. The highest BCUT2D eigenvalue weighted by molar-refractivity contribution is 8.13. The number of aliphatic hydroxyl groups excluding tert-OH is 1. The molecule has 3 nitrogen and oxygen atoms in total. The quantitative estimate of drug-likeness (QED) is 0.648. The molecule has 0 spiro atoms. The van der Waals surface area contributed by atoms with E-state index in [0.717, 1.165) is 11.8 Å². The van der Waals surface area contributed by atoms with E-state index in [9.17, 15) is 4.79 Å². The van der Waals surface area contributed by atoms with Gasteiger partial charge in [0.05, 0.1) is 6.10 Å². The van der Waals surface area contributed by atoms with Gasteiger partial charge in [0.25, 0.3) is 0 Å². The molecule has 0 radical (unpaired) electrons. The predicted octanol–water partition coefficient (Wildman–Crippen LogP) is 0.273. The van der Waals surface area contributed by atoms with E-state index in [1.165, 1.54) is 0 Å². The molecule has 4 heteroatoms. The number of rotatable bonds is 4. The molecule has 1 atom stereocenters. The molecule has 60 valence electrons. The number of ether oxygens (including phenoxy) is 1. The summed E-state index contributed by atoms with van der Waals surface area (Å²) in [7, 11) is 1.59. The lowest BCUT2D eigenvalue weighted by molar-refractivity contribution is -0.113. The maximum Gasteiger partial charge on any atom is 0.214 e. The first-order chi connectivity index (χ1) is 4.70. The lowest BCUT2D eigenvalue weighted by Gasteiger charge is -2.05. The molecule has 0 heterocycles. The zero-order chi connectivity index (χ0) is 7.98. The van der Waals surface area contributed by atoms with E-state index in [1.807, 2.05) is 6.92 Å².